The molecule has 2 aromatic rings. The molecule has 20 heavy (non-hydrogen) atoms. The third-order valence-electron chi connectivity index (χ3n) is 3.75. The fraction of sp³-hybridized carbons (Fsp3) is 0.538. The monoisotopic (exact) mass is 294 g/mol. The molecule has 1 aliphatic rings. The van der Waals surface area contributed by atoms with Gasteiger partial charge in [0.25, 0.3) is 5.91 Å². The number of carbonyl (C=O) groups is 1. The van der Waals surface area contributed by atoms with Crippen molar-refractivity contribution in [3.8, 4) is 0 Å². The Labute approximate surface area is 120 Å². The van der Waals surface area contributed by atoms with Gasteiger partial charge in [0, 0.05) is 38.0 Å². The van der Waals surface area contributed by atoms with E-state index in [-0.39, 0.29) is 17.9 Å². The number of rotatable bonds is 3. The van der Waals surface area contributed by atoms with Crippen molar-refractivity contribution in [1.82, 2.24) is 20.4 Å². The molecule has 1 fully saturated rings. The molecule has 6 nitrogen and oxygen atoms in total. The van der Waals surface area contributed by atoms with Crippen LogP contribution in [0.15, 0.2) is 6.07 Å². The molecule has 0 spiro atoms. The van der Waals surface area contributed by atoms with Crippen LogP contribution >= 0.6 is 11.3 Å². The average molecular weight is 294 g/mol. The Morgan fingerprint density at radius 1 is 1.65 bits per heavy atom. The van der Waals surface area contributed by atoms with Gasteiger partial charge in [-0.2, -0.15) is 5.10 Å². The third-order valence-corrected chi connectivity index (χ3v) is 4.95. The molecule has 1 saturated heterocycles. The van der Waals surface area contributed by atoms with Crippen molar-refractivity contribution in [3.05, 3.63) is 16.6 Å². The van der Waals surface area contributed by atoms with Gasteiger partial charge in [0.05, 0.1) is 16.7 Å². The lowest BCUT2D eigenvalue weighted by atomic mass is 10.1. The van der Waals surface area contributed by atoms with Gasteiger partial charge in [-0.3, -0.25) is 9.48 Å². The van der Waals surface area contributed by atoms with Crippen LogP contribution in [0, 0.1) is 12.8 Å². The summed E-state index contributed by atoms with van der Waals surface area (Å²) in [5.74, 6) is 0.0152. The van der Waals surface area contributed by atoms with Gasteiger partial charge in [-0.25, -0.2) is 0 Å². The quantitative estimate of drug-likeness (QED) is 0.758. The Morgan fingerprint density at radius 2 is 2.45 bits per heavy atom. The maximum atomic E-state index is 12.2. The number of thiophene rings is 1. The number of aryl methyl sites for hydroxylation is 2. The molecule has 0 aliphatic carbocycles. The molecular formula is C13H18N4O2S. The van der Waals surface area contributed by atoms with E-state index in [9.17, 15) is 9.90 Å². The number of amides is 1. The van der Waals surface area contributed by atoms with Crippen molar-refractivity contribution in [1.29, 1.82) is 0 Å². The number of β-amino-alcohol motifs (C(OH)–C–C–N with tert-alkyl or cyclic N) is 1. The van der Waals surface area contributed by atoms with E-state index >= 15 is 0 Å². The minimum Gasteiger partial charge on any atom is -0.391 e. The summed E-state index contributed by atoms with van der Waals surface area (Å²) in [6.45, 7) is 3.79. The lowest BCUT2D eigenvalue weighted by Gasteiger charge is -2.13. The Hall–Kier alpha value is -1.44. The summed E-state index contributed by atoms with van der Waals surface area (Å²) in [4.78, 5) is 13.9. The first-order valence-corrected chi connectivity index (χ1v) is 7.48. The summed E-state index contributed by atoms with van der Waals surface area (Å²) in [5, 5.41) is 21.1. The number of nitrogens with zero attached hydrogens (tertiary/aromatic N) is 2. The molecule has 0 aromatic carbocycles. The Bertz CT molecular complexity index is 614. The van der Waals surface area contributed by atoms with Crippen LogP contribution < -0.4 is 10.6 Å². The van der Waals surface area contributed by atoms with Crippen molar-refractivity contribution in [2.24, 2.45) is 13.0 Å². The number of hydrogen-bond donors (Lipinski definition) is 3. The summed E-state index contributed by atoms with van der Waals surface area (Å²) in [5.41, 5.74) is 0.938. The van der Waals surface area contributed by atoms with Crippen LogP contribution in [0.25, 0.3) is 10.2 Å². The number of fused-ring (bicyclic) bond motifs is 1. The molecule has 108 valence electrons. The first-order chi connectivity index (χ1) is 9.56. The molecule has 1 aliphatic heterocycles. The second-order valence-electron chi connectivity index (χ2n) is 5.23. The largest absolute Gasteiger partial charge is 0.391 e. The van der Waals surface area contributed by atoms with E-state index in [4.69, 9.17) is 0 Å². The first kappa shape index (κ1) is 13.5. The van der Waals surface area contributed by atoms with Gasteiger partial charge in [0.15, 0.2) is 0 Å². The SMILES string of the molecule is Cc1nn(C)c2sc(C(=O)NCC3CNCC3O)cc12. The number of aliphatic hydroxyl groups is 1. The van der Waals surface area contributed by atoms with Crippen LogP contribution in [0.5, 0.6) is 0 Å². The van der Waals surface area contributed by atoms with Crippen molar-refractivity contribution in [3.63, 3.8) is 0 Å². The van der Waals surface area contributed by atoms with Crippen molar-refractivity contribution >= 4 is 27.5 Å². The van der Waals surface area contributed by atoms with Crippen molar-refractivity contribution < 1.29 is 9.90 Å². The molecule has 0 bridgehead atoms. The lowest BCUT2D eigenvalue weighted by Crippen LogP contribution is -2.34. The molecule has 0 saturated carbocycles. The minimum absolute atomic E-state index is 0.0790. The number of hydrogen-bond acceptors (Lipinski definition) is 5. The van der Waals surface area contributed by atoms with E-state index in [0.29, 0.717) is 18.0 Å². The van der Waals surface area contributed by atoms with E-state index in [1.165, 1.54) is 11.3 Å². The molecule has 2 atom stereocenters. The first-order valence-electron chi connectivity index (χ1n) is 6.66. The fourth-order valence-electron chi connectivity index (χ4n) is 2.56. The molecule has 3 heterocycles. The lowest BCUT2D eigenvalue weighted by molar-refractivity contribution is 0.0931. The molecule has 2 aromatic heterocycles. The third kappa shape index (κ3) is 2.32. The van der Waals surface area contributed by atoms with E-state index in [0.717, 1.165) is 22.5 Å². The maximum absolute atomic E-state index is 12.2. The van der Waals surface area contributed by atoms with E-state index in [1.807, 2.05) is 20.0 Å². The summed E-state index contributed by atoms with van der Waals surface area (Å²) in [6.07, 6.45) is -0.371. The van der Waals surface area contributed by atoms with Gasteiger partial charge in [0.2, 0.25) is 0 Å². The van der Waals surface area contributed by atoms with Crippen LogP contribution in [0.4, 0.5) is 0 Å². The topological polar surface area (TPSA) is 79.2 Å². The molecular weight excluding hydrogens is 276 g/mol. The molecule has 1 amide bonds. The maximum Gasteiger partial charge on any atom is 0.261 e. The highest BCUT2D eigenvalue weighted by atomic mass is 32.1. The second kappa shape index (κ2) is 5.16. The molecule has 3 rings (SSSR count). The summed E-state index contributed by atoms with van der Waals surface area (Å²) in [6, 6.07) is 1.89. The highest BCUT2D eigenvalue weighted by Crippen LogP contribution is 2.27. The van der Waals surface area contributed by atoms with Gasteiger partial charge in [-0.15, -0.1) is 11.3 Å². The molecule has 7 heteroatoms. The number of aliphatic hydroxyl groups excluding tert-OH is 1. The highest BCUT2D eigenvalue weighted by Gasteiger charge is 2.25. The van der Waals surface area contributed by atoms with Gasteiger partial charge in [-0.1, -0.05) is 0 Å². The molecule has 3 N–H and O–H groups in total. The van der Waals surface area contributed by atoms with E-state index < -0.39 is 0 Å². The van der Waals surface area contributed by atoms with E-state index in [1.54, 1.807) is 4.68 Å². The summed E-state index contributed by atoms with van der Waals surface area (Å²) >= 11 is 1.45. The zero-order valence-corrected chi connectivity index (χ0v) is 12.3. The summed E-state index contributed by atoms with van der Waals surface area (Å²) < 4.78 is 1.80. The predicted octanol–water partition coefficient (Wildman–Crippen LogP) is 0.253. The standard InChI is InChI=1S/C13H18N4O2S/c1-7-9-3-11(20-13(9)17(2)16-7)12(19)15-5-8-4-14-6-10(8)18/h3,8,10,14,18H,4-6H2,1-2H3,(H,15,19). The van der Waals surface area contributed by atoms with Crippen LogP contribution in [0.3, 0.4) is 0 Å². The smallest absolute Gasteiger partial charge is 0.261 e. The van der Waals surface area contributed by atoms with Crippen LogP contribution in [-0.4, -0.2) is 46.5 Å². The number of carbonyl (C=O) groups excluding carboxylic acids is 1. The Kier molecular flexibility index (Phi) is 3.49. The Morgan fingerprint density at radius 3 is 3.10 bits per heavy atom. The predicted molar refractivity (Wildman–Crippen MR) is 78.0 cm³/mol. The van der Waals surface area contributed by atoms with Gasteiger partial charge in [-0.05, 0) is 13.0 Å². The second-order valence-corrected chi connectivity index (χ2v) is 6.26. The molecule has 2 unspecified atom stereocenters. The van der Waals surface area contributed by atoms with Crippen LogP contribution in [-0.2, 0) is 7.05 Å². The highest BCUT2D eigenvalue weighted by molar-refractivity contribution is 7.20. The Balaban J connectivity index is 1.70. The van der Waals surface area contributed by atoms with Gasteiger partial charge in [0.1, 0.15) is 4.83 Å². The zero-order valence-electron chi connectivity index (χ0n) is 11.5. The zero-order chi connectivity index (χ0) is 14.3. The average Bonchev–Trinajstić information content (AvgIpc) is 3.07. The van der Waals surface area contributed by atoms with E-state index in [2.05, 4.69) is 15.7 Å². The van der Waals surface area contributed by atoms with Crippen LogP contribution in [0.1, 0.15) is 15.4 Å². The fourth-order valence-corrected chi connectivity index (χ4v) is 3.60. The number of nitrogens with one attached hydrogen (secondary N) is 2. The van der Waals surface area contributed by atoms with Crippen molar-refractivity contribution in [2.45, 2.75) is 13.0 Å². The number of aromatic nitrogens is 2. The molecule has 0 radical (unpaired) electrons. The normalized spacial score (nSPS) is 22.6. The van der Waals surface area contributed by atoms with Gasteiger partial charge >= 0.3 is 0 Å². The summed E-state index contributed by atoms with van der Waals surface area (Å²) in [7, 11) is 1.88. The van der Waals surface area contributed by atoms with Crippen LogP contribution in [0.2, 0.25) is 0 Å². The minimum atomic E-state index is -0.371. The van der Waals surface area contributed by atoms with Crippen molar-refractivity contribution in [2.75, 3.05) is 19.6 Å². The van der Waals surface area contributed by atoms with Gasteiger partial charge < -0.3 is 15.7 Å².